The highest BCUT2D eigenvalue weighted by Gasteiger charge is 2.49. The Bertz CT molecular complexity index is 1500. The van der Waals surface area contributed by atoms with E-state index >= 15 is 0 Å². The molecule has 38 heavy (non-hydrogen) atoms. The van der Waals surface area contributed by atoms with Crippen LogP contribution in [0.3, 0.4) is 0 Å². The lowest BCUT2D eigenvalue weighted by molar-refractivity contribution is -0.0138. The molecule has 0 amide bonds. The van der Waals surface area contributed by atoms with Crippen LogP contribution in [0.25, 0.3) is 10.9 Å². The summed E-state index contributed by atoms with van der Waals surface area (Å²) < 4.78 is 60.7. The summed E-state index contributed by atoms with van der Waals surface area (Å²) in [7, 11) is 0.930. The van der Waals surface area contributed by atoms with Gasteiger partial charge in [0.1, 0.15) is 53.5 Å². The number of anilines is 2. The van der Waals surface area contributed by atoms with E-state index in [4.69, 9.17) is 23.7 Å². The number of aromatic nitrogens is 2. The lowest BCUT2D eigenvalue weighted by Crippen LogP contribution is -2.35. The third-order valence-electron chi connectivity index (χ3n) is 7.23. The highest BCUT2D eigenvalue weighted by molar-refractivity contribution is 7.95. The molecule has 3 saturated heterocycles. The molecule has 1 aromatic heterocycles. The van der Waals surface area contributed by atoms with Gasteiger partial charge in [0, 0.05) is 35.6 Å². The molecule has 10 nitrogen and oxygen atoms in total. The topological polar surface area (TPSA) is 113 Å². The van der Waals surface area contributed by atoms with Gasteiger partial charge in [-0.15, -0.1) is 0 Å². The summed E-state index contributed by atoms with van der Waals surface area (Å²) in [6.45, 7) is 2.59. The van der Waals surface area contributed by atoms with E-state index in [1.807, 2.05) is 6.92 Å². The molecule has 3 aliphatic heterocycles. The van der Waals surface area contributed by atoms with Crippen LogP contribution < -0.4 is 14.8 Å². The Morgan fingerprint density at radius 2 is 1.87 bits per heavy atom. The maximum Gasteiger partial charge on any atom is 0.151 e. The van der Waals surface area contributed by atoms with Crippen molar-refractivity contribution < 1.29 is 32.3 Å². The van der Waals surface area contributed by atoms with Crippen LogP contribution in [0.5, 0.6) is 11.5 Å². The molecule has 3 aromatic rings. The molecule has 0 spiro atoms. The van der Waals surface area contributed by atoms with Crippen LogP contribution >= 0.6 is 0 Å². The minimum atomic E-state index is -2.25. The van der Waals surface area contributed by atoms with Crippen LogP contribution in [-0.4, -0.2) is 77.5 Å². The van der Waals surface area contributed by atoms with E-state index in [0.717, 1.165) is 12.0 Å². The molecule has 0 radical (unpaired) electrons. The third kappa shape index (κ3) is 4.45. The average Bonchev–Trinajstić information content (AvgIpc) is 3.47. The molecule has 0 unspecified atom stereocenters. The summed E-state index contributed by atoms with van der Waals surface area (Å²) in [5, 5.41) is 3.99. The van der Waals surface area contributed by atoms with E-state index in [1.54, 1.807) is 26.4 Å². The van der Waals surface area contributed by atoms with Crippen LogP contribution in [0.15, 0.2) is 35.0 Å². The zero-order valence-electron chi connectivity index (χ0n) is 21.3. The number of aryl methyl sites for hydroxylation is 1. The van der Waals surface area contributed by atoms with E-state index in [-0.39, 0.29) is 18.3 Å². The van der Waals surface area contributed by atoms with Gasteiger partial charge < -0.3 is 29.0 Å². The Morgan fingerprint density at radius 3 is 2.58 bits per heavy atom. The number of hydrogen-bond acceptors (Lipinski definition) is 10. The van der Waals surface area contributed by atoms with Crippen LogP contribution in [0.1, 0.15) is 12.0 Å². The Kier molecular flexibility index (Phi) is 6.58. The van der Waals surface area contributed by atoms with Crippen molar-refractivity contribution in [3.8, 4) is 11.5 Å². The van der Waals surface area contributed by atoms with Crippen molar-refractivity contribution in [2.75, 3.05) is 44.3 Å². The summed E-state index contributed by atoms with van der Waals surface area (Å²) in [6, 6.07) is 6.03. The molecule has 3 aliphatic rings. The average molecular weight is 545 g/mol. The van der Waals surface area contributed by atoms with Crippen LogP contribution in [-0.2, 0) is 23.9 Å². The van der Waals surface area contributed by atoms with Crippen molar-refractivity contribution in [3.05, 3.63) is 42.0 Å². The first-order valence-electron chi connectivity index (χ1n) is 12.4. The number of fused-ring (bicyclic) bond motifs is 2. The van der Waals surface area contributed by atoms with Crippen molar-refractivity contribution in [3.63, 3.8) is 0 Å². The van der Waals surface area contributed by atoms with Crippen LogP contribution in [0.2, 0.25) is 0 Å². The summed E-state index contributed by atoms with van der Waals surface area (Å²) in [4.78, 5) is 8.89. The Morgan fingerprint density at radius 1 is 1.11 bits per heavy atom. The Labute approximate surface area is 220 Å². The number of hydrogen-bond donors (Lipinski definition) is 1. The molecule has 202 valence electrons. The molecule has 2 aromatic carbocycles. The van der Waals surface area contributed by atoms with Crippen LogP contribution in [0, 0.1) is 12.7 Å². The summed E-state index contributed by atoms with van der Waals surface area (Å²) in [5.41, 5.74) is 2.39. The van der Waals surface area contributed by atoms with Gasteiger partial charge in [-0.25, -0.2) is 18.6 Å². The van der Waals surface area contributed by atoms with E-state index in [1.165, 1.54) is 18.5 Å². The number of nitrogens with one attached hydrogen (secondary N) is 1. The number of ether oxygens (including phenoxy) is 5. The first-order chi connectivity index (χ1) is 18.4. The predicted octanol–water partition coefficient (Wildman–Crippen LogP) is 3.89. The monoisotopic (exact) mass is 544 g/mol. The lowest BCUT2D eigenvalue weighted by Gasteiger charge is -2.21. The first-order valence-corrected chi connectivity index (χ1v) is 14.3. The fourth-order valence-electron chi connectivity index (χ4n) is 5.18. The SMILES string of the molecule is COc1c(N=S2(=O)CCC2)cc2ncnc(Nc3ccc(F)cc3O[C@@H]3CO[C@H]4[C@@H]3OC[C@H]4OC)c2c1C. The highest BCUT2D eigenvalue weighted by atomic mass is 32.2. The quantitative estimate of drug-likeness (QED) is 0.473. The van der Waals surface area contributed by atoms with Gasteiger partial charge in [0.25, 0.3) is 0 Å². The number of methoxy groups -OCH3 is 2. The summed E-state index contributed by atoms with van der Waals surface area (Å²) in [5.74, 6) is 2.03. The smallest absolute Gasteiger partial charge is 0.151 e. The zero-order chi connectivity index (χ0) is 26.4. The molecule has 0 bridgehead atoms. The fraction of sp³-hybridized carbons (Fsp3) is 0.462. The number of rotatable bonds is 7. The molecule has 4 atom stereocenters. The van der Waals surface area contributed by atoms with E-state index in [2.05, 4.69) is 19.6 Å². The standard InChI is InChI=1S/C26H29FN4O6S/c1-14-22-17(10-18(23(14)34-3)31-38(32)7-4-8-38)28-13-29-26(22)30-16-6-5-15(27)9-19(16)37-21-12-36-24-20(33-2)11-35-25(21)24/h5-6,9-10,13,20-21,24-25H,4,7-8,11-12H2,1-3H3,(H,28,29,30)/t20-,21-,24-,25-/m1/s1. The Hall–Kier alpha value is -3.06. The van der Waals surface area contributed by atoms with Gasteiger partial charge in [-0.2, -0.15) is 4.36 Å². The first kappa shape index (κ1) is 25.2. The summed E-state index contributed by atoms with van der Waals surface area (Å²) >= 11 is 0. The molecule has 0 saturated carbocycles. The molecule has 1 N–H and O–H groups in total. The Balaban J connectivity index is 1.35. The molecule has 4 heterocycles. The van der Waals surface area contributed by atoms with Gasteiger partial charge in [-0.05, 0) is 31.5 Å². The summed E-state index contributed by atoms with van der Waals surface area (Å²) in [6.07, 6.45) is 1.20. The normalized spacial score (nSPS) is 25.6. The van der Waals surface area contributed by atoms with Crippen LogP contribution in [0.4, 0.5) is 21.6 Å². The number of halogens is 1. The van der Waals surface area contributed by atoms with Gasteiger partial charge in [-0.1, -0.05) is 0 Å². The van der Waals surface area contributed by atoms with Crippen molar-refractivity contribution in [2.45, 2.75) is 37.8 Å². The van der Waals surface area contributed by atoms with Gasteiger partial charge in [-0.3, -0.25) is 0 Å². The zero-order valence-corrected chi connectivity index (χ0v) is 22.1. The van der Waals surface area contributed by atoms with Gasteiger partial charge in [0.15, 0.2) is 6.10 Å². The lowest BCUT2D eigenvalue weighted by atomic mass is 10.1. The maximum absolute atomic E-state index is 14.3. The minimum absolute atomic E-state index is 0.164. The van der Waals surface area contributed by atoms with Crippen molar-refractivity contribution >= 4 is 37.8 Å². The minimum Gasteiger partial charge on any atom is -0.494 e. The van der Waals surface area contributed by atoms with Gasteiger partial charge in [0.05, 0.1) is 41.3 Å². The van der Waals surface area contributed by atoms with Gasteiger partial charge >= 0.3 is 0 Å². The third-order valence-corrected chi connectivity index (χ3v) is 9.62. The molecular weight excluding hydrogens is 515 g/mol. The fourth-order valence-corrected chi connectivity index (χ4v) is 6.64. The molecule has 0 aliphatic carbocycles. The second-order valence-corrected chi connectivity index (χ2v) is 12.1. The predicted molar refractivity (Wildman–Crippen MR) is 140 cm³/mol. The van der Waals surface area contributed by atoms with E-state index in [9.17, 15) is 8.60 Å². The highest BCUT2D eigenvalue weighted by Crippen LogP contribution is 2.42. The van der Waals surface area contributed by atoms with Gasteiger partial charge in [0.2, 0.25) is 0 Å². The molecular formula is C26H29FN4O6S. The second kappa shape index (κ2) is 9.92. The van der Waals surface area contributed by atoms with E-state index in [0.29, 0.717) is 64.3 Å². The molecule has 6 rings (SSSR count). The van der Waals surface area contributed by atoms with Crippen molar-refractivity contribution in [2.24, 2.45) is 4.36 Å². The number of nitrogens with zero attached hydrogens (tertiary/aromatic N) is 3. The van der Waals surface area contributed by atoms with Crippen molar-refractivity contribution in [1.29, 1.82) is 0 Å². The second-order valence-electron chi connectivity index (χ2n) is 9.59. The molecule has 3 fully saturated rings. The van der Waals surface area contributed by atoms with Crippen molar-refractivity contribution in [1.82, 2.24) is 9.97 Å². The molecule has 12 heteroatoms. The maximum atomic E-state index is 14.3. The number of benzene rings is 2. The largest absolute Gasteiger partial charge is 0.494 e. The van der Waals surface area contributed by atoms with E-state index < -0.39 is 21.7 Å².